The Morgan fingerprint density at radius 2 is 1.95 bits per heavy atom. The second kappa shape index (κ2) is 7.77. The van der Waals surface area contributed by atoms with E-state index in [4.69, 9.17) is 4.74 Å². The predicted molar refractivity (Wildman–Crippen MR) is 92.8 cm³/mol. The van der Waals surface area contributed by atoms with Crippen LogP contribution in [0.4, 0.5) is 0 Å². The van der Waals surface area contributed by atoms with Gasteiger partial charge in [0.05, 0.1) is 13.2 Å². The number of hydrogen-bond acceptors (Lipinski definition) is 4. The molecule has 2 rings (SSSR count). The lowest BCUT2D eigenvalue weighted by Gasteiger charge is -2.28. The van der Waals surface area contributed by atoms with E-state index in [1.54, 1.807) is 18.4 Å². The van der Waals surface area contributed by atoms with Crippen molar-refractivity contribution < 1.29 is 9.84 Å². The van der Waals surface area contributed by atoms with Crippen molar-refractivity contribution in [3.05, 3.63) is 52.2 Å². The summed E-state index contributed by atoms with van der Waals surface area (Å²) in [6, 6.07) is 12.2. The first-order chi connectivity index (χ1) is 10.5. The molecule has 0 aliphatic rings. The van der Waals surface area contributed by atoms with Crippen molar-refractivity contribution >= 4 is 11.3 Å². The number of aliphatic hydroxyl groups is 1. The van der Waals surface area contributed by atoms with Crippen LogP contribution in [-0.4, -0.2) is 30.4 Å². The van der Waals surface area contributed by atoms with Gasteiger partial charge >= 0.3 is 0 Å². The topological polar surface area (TPSA) is 41.5 Å². The SMILES string of the molecule is COc1ccc(CC(C)(C)NCC(O)Cc2cccs2)cc1. The van der Waals surface area contributed by atoms with Gasteiger partial charge in [-0.25, -0.2) is 0 Å². The van der Waals surface area contributed by atoms with Gasteiger partial charge in [0.1, 0.15) is 5.75 Å². The van der Waals surface area contributed by atoms with Crippen molar-refractivity contribution in [1.82, 2.24) is 5.32 Å². The lowest BCUT2D eigenvalue weighted by molar-refractivity contribution is 0.159. The van der Waals surface area contributed by atoms with Crippen LogP contribution in [0, 0.1) is 0 Å². The molecule has 0 bridgehead atoms. The van der Waals surface area contributed by atoms with Gasteiger partial charge in [0.2, 0.25) is 0 Å². The Labute approximate surface area is 137 Å². The van der Waals surface area contributed by atoms with E-state index in [0.717, 1.165) is 12.2 Å². The summed E-state index contributed by atoms with van der Waals surface area (Å²) < 4.78 is 5.18. The van der Waals surface area contributed by atoms with E-state index in [-0.39, 0.29) is 11.6 Å². The number of nitrogens with one attached hydrogen (secondary N) is 1. The van der Waals surface area contributed by atoms with E-state index in [2.05, 4.69) is 37.4 Å². The van der Waals surface area contributed by atoms with E-state index in [1.165, 1.54) is 10.4 Å². The van der Waals surface area contributed by atoms with Gasteiger partial charge in [-0.15, -0.1) is 11.3 Å². The number of β-amino-alcohol motifs (C(OH)–C–C–N with tert-alkyl or cyclic N) is 1. The monoisotopic (exact) mass is 319 g/mol. The summed E-state index contributed by atoms with van der Waals surface area (Å²) in [4.78, 5) is 1.22. The minimum absolute atomic E-state index is 0.0645. The molecule has 0 aliphatic heterocycles. The zero-order valence-electron chi connectivity index (χ0n) is 13.5. The molecule has 1 aromatic carbocycles. The molecule has 1 atom stereocenters. The molecule has 0 aliphatic carbocycles. The average molecular weight is 319 g/mol. The first-order valence-corrected chi connectivity index (χ1v) is 8.45. The number of hydrogen-bond donors (Lipinski definition) is 2. The van der Waals surface area contributed by atoms with Gasteiger partial charge in [0.25, 0.3) is 0 Å². The summed E-state index contributed by atoms with van der Waals surface area (Å²) in [6.07, 6.45) is 1.26. The van der Waals surface area contributed by atoms with Crippen LogP contribution in [0.1, 0.15) is 24.3 Å². The third kappa shape index (κ3) is 5.44. The molecule has 0 saturated heterocycles. The molecule has 3 nitrogen and oxygen atoms in total. The summed E-state index contributed by atoms with van der Waals surface area (Å²) in [7, 11) is 1.68. The van der Waals surface area contributed by atoms with E-state index in [0.29, 0.717) is 13.0 Å². The average Bonchev–Trinajstić information content (AvgIpc) is 2.99. The van der Waals surface area contributed by atoms with Crippen LogP contribution < -0.4 is 10.1 Å². The molecule has 0 fully saturated rings. The van der Waals surface area contributed by atoms with E-state index >= 15 is 0 Å². The molecule has 2 aromatic rings. The normalized spacial score (nSPS) is 13.1. The predicted octanol–water partition coefficient (Wildman–Crippen LogP) is 3.27. The van der Waals surface area contributed by atoms with Gasteiger partial charge in [-0.3, -0.25) is 0 Å². The number of aliphatic hydroxyl groups excluding tert-OH is 1. The molecule has 0 saturated carbocycles. The maximum atomic E-state index is 10.1. The first kappa shape index (κ1) is 17.0. The van der Waals surface area contributed by atoms with Crippen LogP contribution in [0.5, 0.6) is 5.75 Å². The lowest BCUT2D eigenvalue weighted by atomic mass is 9.94. The molecular weight excluding hydrogens is 294 g/mol. The lowest BCUT2D eigenvalue weighted by Crippen LogP contribution is -2.45. The third-order valence-corrected chi connectivity index (χ3v) is 4.54. The second-order valence-electron chi connectivity index (χ2n) is 6.23. The standard InChI is InChI=1S/C18H25NO2S/c1-18(2,12-14-6-8-16(21-3)9-7-14)19-13-15(20)11-17-5-4-10-22-17/h4-10,15,19-20H,11-13H2,1-3H3. The summed E-state index contributed by atoms with van der Waals surface area (Å²) in [6.45, 7) is 4.92. The molecule has 0 amide bonds. The van der Waals surface area contributed by atoms with Crippen LogP contribution in [0.25, 0.3) is 0 Å². The fraction of sp³-hybridized carbons (Fsp3) is 0.444. The molecule has 1 unspecified atom stereocenters. The second-order valence-corrected chi connectivity index (χ2v) is 7.26. The van der Waals surface area contributed by atoms with Gasteiger partial charge in [-0.05, 0) is 49.4 Å². The highest BCUT2D eigenvalue weighted by molar-refractivity contribution is 7.09. The van der Waals surface area contributed by atoms with Crippen molar-refractivity contribution in [2.75, 3.05) is 13.7 Å². The highest BCUT2D eigenvalue weighted by Crippen LogP contribution is 2.17. The number of rotatable bonds is 8. The quantitative estimate of drug-likeness (QED) is 0.784. The Bertz CT molecular complexity index is 549. The fourth-order valence-electron chi connectivity index (χ4n) is 2.44. The summed E-state index contributed by atoms with van der Waals surface area (Å²) in [5.74, 6) is 0.876. The Morgan fingerprint density at radius 3 is 2.55 bits per heavy atom. The van der Waals surface area contributed by atoms with Gasteiger partial charge in [0.15, 0.2) is 0 Å². The van der Waals surface area contributed by atoms with Gasteiger partial charge < -0.3 is 15.2 Å². The van der Waals surface area contributed by atoms with Crippen molar-refractivity contribution in [2.45, 2.75) is 38.3 Å². The minimum Gasteiger partial charge on any atom is -0.497 e. The summed E-state index contributed by atoms with van der Waals surface area (Å²) in [5.41, 5.74) is 1.19. The highest BCUT2D eigenvalue weighted by atomic mass is 32.1. The third-order valence-electron chi connectivity index (χ3n) is 3.64. The van der Waals surface area contributed by atoms with Crippen molar-refractivity contribution in [1.29, 1.82) is 0 Å². The molecular formula is C18H25NO2S. The first-order valence-electron chi connectivity index (χ1n) is 7.57. The van der Waals surface area contributed by atoms with Gasteiger partial charge in [0, 0.05) is 23.4 Å². The molecule has 0 radical (unpaired) electrons. The zero-order valence-corrected chi connectivity index (χ0v) is 14.3. The largest absolute Gasteiger partial charge is 0.497 e. The number of benzene rings is 1. The maximum Gasteiger partial charge on any atom is 0.118 e. The smallest absolute Gasteiger partial charge is 0.118 e. The van der Waals surface area contributed by atoms with E-state index in [9.17, 15) is 5.11 Å². The van der Waals surface area contributed by atoms with Crippen LogP contribution in [0.3, 0.4) is 0 Å². The number of thiophene rings is 1. The van der Waals surface area contributed by atoms with E-state index in [1.807, 2.05) is 23.6 Å². The van der Waals surface area contributed by atoms with Crippen LogP contribution in [0.2, 0.25) is 0 Å². The van der Waals surface area contributed by atoms with Crippen LogP contribution in [0.15, 0.2) is 41.8 Å². The fourth-order valence-corrected chi connectivity index (χ4v) is 3.22. The van der Waals surface area contributed by atoms with Crippen LogP contribution >= 0.6 is 11.3 Å². The Balaban J connectivity index is 1.81. The van der Waals surface area contributed by atoms with Crippen LogP contribution in [-0.2, 0) is 12.8 Å². The molecule has 1 aromatic heterocycles. The van der Waals surface area contributed by atoms with Crippen molar-refractivity contribution in [3.8, 4) is 5.75 Å². The summed E-state index contributed by atoms with van der Waals surface area (Å²) in [5, 5.41) is 15.7. The number of ether oxygens (including phenoxy) is 1. The minimum atomic E-state index is -0.353. The Morgan fingerprint density at radius 1 is 1.23 bits per heavy atom. The van der Waals surface area contributed by atoms with E-state index < -0.39 is 0 Å². The van der Waals surface area contributed by atoms with Gasteiger partial charge in [-0.1, -0.05) is 18.2 Å². The highest BCUT2D eigenvalue weighted by Gasteiger charge is 2.19. The zero-order chi connectivity index (χ0) is 16.0. The molecule has 0 spiro atoms. The molecule has 22 heavy (non-hydrogen) atoms. The maximum absolute atomic E-state index is 10.1. The Kier molecular flexibility index (Phi) is 6.00. The Hall–Kier alpha value is -1.36. The number of methoxy groups -OCH3 is 1. The van der Waals surface area contributed by atoms with Crippen molar-refractivity contribution in [3.63, 3.8) is 0 Å². The van der Waals surface area contributed by atoms with Crippen molar-refractivity contribution in [2.24, 2.45) is 0 Å². The summed E-state index contributed by atoms with van der Waals surface area (Å²) >= 11 is 1.69. The van der Waals surface area contributed by atoms with Gasteiger partial charge in [-0.2, -0.15) is 0 Å². The molecule has 1 heterocycles. The molecule has 2 N–H and O–H groups in total. The molecule has 120 valence electrons. The molecule has 4 heteroatoms.